The lowest BCUT2D eigenvalue weighted by Gasteiger charge is -2.38. The lowest BCUT2D eigenvalue weighted by molar-refractivity contribution is 0.0935. The van der Waals surface area contributed by atoms with E-state index in [-0.39, 0.29) is 0 Å². The molecule has 1 saturated heterocycles. The van der Waals surface area contributed by atoms with E-state index in [9.17, 15) is 0 Å². The van der Waals surface area contributed by atoms with Crippen LogP contribution in [0.25, 0.3) is 0 Å². The van der Waals surface area contributed by atoms with Crippen molar-refractivity contribution in [2.75, 3.05) is 53.0 Å². The molecule has 0 bridgehead atoms. The van der Waals surface area contributed by atoms with Crippen molar-refractivity contribution < 1.29 is 4.74 Å². The van der Waals surface area contributed by atoms with Crippen LogP contribution < -0.4 is 5.73 Å². The van der Waals surface area contributed by atoms with Crippen LogP contribution in [0.1, 0.15) is 26.2 Å². The minimum atomic E-state index is 0.589. The zero-order valence-corrected chi connectivity index (χ0v) is 11.5. The van der Waals surface area contributed by atoms with E-state index in [0.29, 0.717) is 6.04 Å². The van der Waals surface area contributed by atoms with E-state index >= 15 is 0 Å². The van der Waals surface area contributed by atoms with Crippen molar-refractivity contribution in [1.29, 1.82) is 0 Å². The molecule has 0 spiro atoms. The number of ether oxygens (including phenoxy) is 1. The SMILES string of the molecule is CCC(CN)N1CCN(CCCCOC)CC1. The summed E-state index contributed by atoms with van der Waals surface area (Å²) >= 11 is 0. The predicted molar refractivity (Wildman–Crippen MR) is 72.3 cm³/mol. The van der Waals surface area contributed by atoms with E-state index in [0.717, 1.165) is 13.2 Å². The second-order valence-electron chi connectivity index (χ2n) is 4.88. The molecule has 1 aliphatic rings. The van der Waals surface area contributed by atoms with Gasteiger partial charge in [0.25, 0.3) is 0 Å². The smallest absolute Gasteiger partial charge is 0.0462 e. The summed E-state index contributed by atoms with van der Waals surface area (Å²) in [7, 11) is 1.77. The molecule has 0 aromatic heterocycles. The molecule has 1 fully saturated rings. The van der Waals surface area contributed by atoms with Gasteiger partial charge in [0.1, 0.15) is 0 Å². The number of rotatable bonds is 8. The molecule has 1 aliphatic heterocycles. The van der Waals surface area contributed by atoms with Crippen LogP contribution in [0.3, 0.4) is 0 Å². The summed E-state index contributed by atoms with van der Waals surface area (Å²) in [6, 6.07) is 0.589. The summed E-state index contributed by atoms with van der Waals surface area (Å²) in [6.45, 7) is 9.90. The summed E-state index contributed by atoms with van der Waals surface area (Å²) in [5.41, 5.74) is 5.79. The Labute approximate surface area is 106 Å². The van der Waals surface area contributed by atoms with Gasteiger partial charge in [-0.3, -0.25) is 4.90 Å². The maximum atomic E-state index is 5.79. The van der Waals surface area contributed by atoms with Gasteiger partial charge in [0.15, 0.2) is 0 Å². The van der Waals surface area contributed by atoms with Crippen LogP contribution in [0, 0.1) is 0 Å². The molecule has 102 valence electrons. The third kappa shape index (κ3) is 5.34. The third-order valence-electron chi connectivity index (χ3n) is 3.74. The van der Waals surface area contributed by atoms with Gasteiger partial charge in [0.2, 0.25) is 0 Å². The van der Waals surface area contributed by atoms with Gasteiger partial charge in [-0.2, -0.15) is 0 Å². The number of hydrogen-bond acceptors (Lipinski definition) is 4. The number of hydrogen-bond donors (Lipinski definition) is 1. The van der Waals surface area contributed by atoms with E-state index in [1.165, 1.54) is 52.0 Å². The quantitative estimate of drug-likeness (QED) is 0.639. The van der Waals surface area contributed by atoms with Crippen LogP contribution >= 0.6 is 0 Å². The second kappa shape index (κ2) is 8.86. The fraction of sp³-hybridized carbons (Fsp3) is 1.00. The number of nitrogens with two attached hydrogens (primary N) is 1. The highest BCUT2D eigenvalue weighted by atomic mass is 16.5. The summed E-state index contributed by atoms with van der Waals surface area (Å²) in [6.07, 6.45) is 3.60. The van der Waals surface area contributed by atoms with Gasteiger partial charge in [0, 0.05) is 52.5 Å². The Hall–Kier alpha value is -0.160. The van der Waals surface area contributed by atoms with Crippen molar-refractivity contribution in [2.45, 2.75) is 32.2 Å². The Bertz CT molecular complexity index is 178. The Morgan fingerprint density at radius 1 is 1.18 bits per heavy atom. The molecule has 0 radical (unpaired) electrons. The lowest BCUT2D eigenvalue weighted by Crippen LogP contribution is -2.52. The van der Waals surface area contributed by atoms with Crippen LogP contribution in [-0.2, 0) is 4.74 Å². The molecule has 1 rings (SSSR count). The Balaban J connectivity index is 2.12. The van der Waals surface area contributed by atoms with Gasteiger partial charge in [-0.15, -0.1) is 0 Å². The molecule has 1 heterocycles. The summed E-state index contributed by atoms with van der Waals surface area (Å²) in [5.74, 6) is 0. The summed E-state index contributed by atoms with van der Waals surface area (Å²) in [5, 5.41) is 0. The van der Waals surface area contributed by atoms with Crippen molar-refractivity contribution in [3.8, 4) is 0 Å². The molecule has 2 N–H and O–H groups in total. The van der Waals surface area contributed by atoms with Crippen LogP contribution in [0.4, 0.5) is 0 Å². The molecular weight excluding hydrogens is 214 g/mol. The van der Waals surface area contributed by atoms with E-state index in [4.69, 9.17) is 10.5 Å². The summed E-state index contributed by atoms with van der Waals surface area (Å²) in [4.78, 5) is 5.11. The van der Waals surface area contributed by atoms with Crippen molar-refractivity contribution in [1.82, 2.24) is 9.80 Å². The van der Waals surface area contributed by atoms with E-state index in [1.54, 1.807) is 7.11 Å². The third-order valence-corrected chi connectivity index (χ3v) is 3.74. The lowest BCUT2D eigenvalue weighted by atomic mass is 10.1. The van der Waals surface area contributed by atoms with Crippen LogP contribution in [0.2, 0.25) is 0 Å². The standard InChI is InChI=1S/C13H29N3O/c1-3-13(12-14)16-9-7-15(8-10-16)6-4-5-11-17-2/h13H,3-12,14H2,1-2H3. The average Bonchev–Trinajstić information content (AvgIpc) is 2.38. The number of methoxy groups -OCH3 is 1. The maximum absolute atomic E-state index is 5.79. The average molecular weight is 243 g/mol. The molecule has 17 heavy (non-hydrogen) atoms. The summed E-state index contributed by atoms with van der Waals surface area (Å²) < 4.78 is 5.07. The molecule has 0 amide bonds. The molecule has 1 unspecified atom stereocenters. The van der Waals surface area contributed by atoms with E-state index in [2.05, 4.69) is 16.7 Å². The maximum Gasteiger partial charge on any atom is 0.0462 e. The monoisotopic (exact) mass is 243 g/mol. The number of piperazine rings is 1. The second-order valence-corrected chi connectivity index (χ2v) is 4.88. The first-order chi connectivity index (χ1) is 8.31. The fourth-order valence-electron chi connectivity index (χ4n) is 2.51. The van der Waals surface area contributed by atoms with Crippen LogP contribution in [0.5, 0.6) is 0 Å². The molecule has 0 aromatic rings. The topological polar surface area (TPSA) is 41.7 Å². The highest BCUT2D eigenvalue weighted by molar-refractivity contribution is 4.78. The first-order valence-corrected chi connectivity index (χ1v) is 6.97. The Morgan fingerprint density at radius 3 is 2.41 bits per heavy atom. The molecule has 4 heteroatoms. The molecular formula is C13H29N3O. The highest BCUT2D eigenvalue weighted by Crippen LogP contribution is 2.09. The van der Waals surface area contributed by atoms with Gasteiger partial charge in [0.05, 0.1) is 0 Å². The van der Waals surface area contributed by atoms with Gasteiger partial charge < -0.3 is 15.4 Å². The van der Waals surface area contributed by atoms with Gasteiger partial charge in [-0.1, -0.05) is 6.92 Å². The first kappa shape index (κ1) is 14.9. The van der Waals surface area contributed by atoms with Gasteiger partial charge in [-0.05, 0) is 25.8 Å². The zero-order valence-electron chi connectivity index (χ0n) is 11.5. The van der Waals surface area contributed by atoms with Crippen molar-refractivity contribution in [2.24, 2.45) is 5.73 Å². The van der Waals surface area contributed by atoms with Crippen molar-refractivity contribution in [3.05, 3.63) is 0 Å². The normalized spacial score (nSPS) is 20.6. The number of unbranched alkanes of at least 4 members (excludes halogenated alkanes) is 1. The first-order valence-electron chi connectivity index (χ1n) is 6.97. The predicted octanol–water partition coefficient (Wildman–Crippen LogP) is 0.768. The Morgan fingerprint density at radius 2 is 1.88 bits per heavy atom. The number of nitrogens with zero attached hydrogens (tertiary/aromatic N) is 2. The van der Waals surface area contributed by atoms with Gasteiger partial charge >= 0.3 is 0 Å². The van der Waals surface area contributed by atoms with E-state index in [1.807, 2.05) is 0 Å². The van der Waals surface area contributed by atoms with Crippen molar-refractivity contribution >= 4 is 0 Å². The minimum Gasteiger partial charge on any atom is -0.385 e. The highest BCUT2D eigenvalue weighted by Gasteiger charge is 2.21. The molecule has 0 aromatic carbocycles. The fourth-order valence-corrected chi connectivity index (χ4v) is 2.51. The largest absolute Gasteiger partial charge is 0.385 e. The van der Waals surface area contributed by atoms with E-state index < -0.39 is 0 Å². The molecule has 0 aliphatic carbocycles. The van der Waals surface area contributed by atoms with Crippen LogP contribution in [-0.4, -0.2) is 68.8 Å². The Kier molecular flexibility index (Phi) is 7.77. The molecule has 1 atom stereocenters. The molecule has 0 saturated carbocycles. The van der Waals surface area contributed by atoms with Crippen LogP contribution in [0.15, 0.2) is 0 Å². The minimum absolute atomic E-state index is 0.589. The molecule has 4 nitrogen and oxygen atoms in total. The zero-order chi connectivity index (χ0) is 12.5. The van der Waals surface area contributed by atoms with Gasteiger partial charge in [-0.25, -0.2) is 0 Å². The van der Waals surface area contributed by atoms with Crippen molar-refractivity contribution in [3.63, 3.8) is 0 Å².